The number of piperidine rings is 1. The van der Waals surface area contributed by atoms with E-state index in [4.69, 9.17) is 0 Å². The fourth-order valence-electron chi connectivity index (χ4n) is 2.85. The van der Waals surface area contributed by atoms with Gasteiger partial charge in [-0.3, -0.25) is 9.69 Å². The Hall–Kier alpha value is -0.370. The maximum atomic E-state index is 11.3. The van der Waals surface area contributed by atoms with Gasteiger partial charge in [0, 0.05) is 31.0 Å². The summed E-state index contributed by atoms with van der Waals surface area (Å²) >= 11 is 0. The molecule has 0 aromatic heterocycles. The summed E-state index contributed by atoms with van der Waals surface area (Å²) in [6.45, 7) is 4.47. The Balaban J connectivity index is 2.14. The fraction of sp³-hybridized carbons (Fsp3) is 0.900. The topological polar surface area (TPSA) is 20.3 Å². The van der Waals surface area contributed by atoms with Crippen LogP contribution in [0.4, 0.5) is 0 Å². The molecule has 2 fully saturated rings. The van der Waals surface area contributed by atoms with Crippen LogP contribution in [0.2, 0.25) is 0 Å². The van der Waals surface area contributed by atoms with E-state index in [1.54, 1.807) is 0 Å². The molecule has 0 spiro atoms. The van der Waals surface area contributed by atoms with E-state index in [-0.39, 0.29) is 0 Å². The number of ketones is 1. The average Bonchev–Trinajstić information content (AvgIpc) is 2.24. The zero-order chi connectivity index (χ0) is 8.72. The lowest BCUT2D eigenvalue weighted by Crippen LogP contribution is -2.46. The summed E-state index contributed by atoms with van der Waals surface area (Å²) in [7, 11) is 0. The molecule has 0 N–H and O–H groups in total. The van der Waals surface area contributed by atoms with E-state index in [9.17, 15) is 4.79 Å². The van der Waals surface area contributed by atoms with Crippen LogP contribution in [0, 0.1) is 0 Å². The average molecular weight is 167 g/mol. The predicted octanol–water partition coefficient (Wildman–Crippen LogP) is 1.59. The van der Waals surface area contributed by atoms with Gasteiger partial charge in [-0.25, -0.2) is 0 Å². The van der Waals surface area contributed by atoms with E-state index < -0.39 is 0 Å². The van der Waals surface area contributed by atoms with Crippen molar-refractivity contribution in [3.8, 4) is 0 Å². The largest absolute Gasteiger partial charge is 0.300 e. The molecular formula is C10H17NO. The van der Waals surface area contributed by atoms with Crippen LogP contribution in [0.1, 0.15) is 39.5 Å². The molecule has 12 heavy (non-hydrogen) atoms. The molecule has 2 bridgehead atoms. The first-order valence-corrected chi connectivity index (χ1v) is 4.97. The van der Waals surface area contributed by atoms with E-state index >= 15 is 0 Å². The standard InChI is InChI=1S/C10H17NO/c1-7(2)11-8-3-4-9(11)6-10(12)5-8/h7-9H,3-6H2,1-2H3. The number of Topliss-reactive ketones (excluding diaryl/α,β-unsaturated/α-hetero) is 1. The molecule has 0 radical (unpaired) electrons. The number of rotatable bonds is 1. The molecule has 0 saturated carbocycles. The SMILES string of the molecule is CC(C)N1C2CCC1CC(=O)C2. The fourth-order valence-corrected chi connectivity index (χ4v) is 2.85. The first-order valence-electron chi connectivity index (χ1n) is 4.97. The molecule has 2 unspecified atom stereocenters. The van der Waals surface area contributed by atoms with Crippen molar-refractivity contribution in [2.45, 2.75) is 57.7 Å². The smallest absolute Gasteiger partial charge is 0.136 e. The number of fused-ring (bicyclic) bond motifs is 2. The monoisotopic (exact) mass is 167 g/mol. The van der Waals surface area contributed by atoms with E-state index in [0.29, 0.717) is 23.9 Å². The number of carbonyl (C=O) groups is 1. The molecule has 2 nitrogen and oxygen atoms in total. The first kappa shape index (κ1) is 8.24. The second-order valence-corrected chi connectivity index (χ2v) is 4.37. The Kier molecular flexibility index (Phi) is 1.95. The molecule has 2 heteroatoms. The molecular weight excluding hydrogens is 150 g/mol. The highest BCUT2D eigenvalue weighted by atomic mass is 16.1. The van der Waals surface area contributed by atoms with Crippen LogP contribution >= 0.6 is 0 Å². The van der Waals surface area contributed by atoms with E-state index in [1.807, 2.05) is 0 Å². The molecule has 0 aromatic carbocycles. The van der Waals surface area contributed by atoms with Crippen molar-refractivity contribution >= 4 is 5.78 Å². The molecule has 2 aliphatic rings. The molecule has 2 saturated heterocycles. The van der Waals surface area contributed by atoms with Crippen LogP contribution in [0.5, 0.6) is 0 Å². The number of hydrogen-bond donors (Lipinski definition) is 0. The molecule has 2 atom stereocenters. The van der Waals surface area contributed by atoms with Gasteiger partial charge in [-0.1, -0.05) is 0 Å². The third kappa shape index (κ3) is 1.18. The maximum absolute atomic E-state index is 11.3. The van der Waals surface area contributed by atoms with Gasteiger partial charge in [0.2, 0.25) is 0 Å². The van der Waals surface area contributed by atoms with Gasteiger partial charge in [-0.15, -0.1) is 0 Å². The van der Waals surface area contributed by atoms with Crippen molar-refractivity contribution in [3.05, 3.63) is 0 Å². The van der Waals surface area contributed by atoms with Crippen LogP contribution in [0.3, 0.4) is 0 Å². The quantitative estimate of drug-likeness (QED) is 0.591. The second-order valence-electron chi connectivity index (χ2n) is 4.37. The number of hydrogen-bond acceptors (Lipinski definition) is 2. The Morgan fingerprint density at radius 2 is 1.75 bits per heavy atom. The Labute approximate surface area is 73.9 Å². The summed E-state index contributed by atoms with van der Waals surface area (Å²) in [5.74, 6) is 0.486. The predicted molar refractivity (Wildman–Crippen MR) is 48.0 cm³/mol. The van der Waals surface area contributed by atoms with Crippen molar-refractivity contribution in [2.75, 3.05) is 0 Å². The van der Waals surface area contributed by atoms with Crippen LogP contribution in [0.25, 0.3) is 0 Å². The van der Waals surface area contributed by atoms with Gasteiger partial charge in [0.05, 0.1) is 0 Å². The molecule has 0 aromatic rings. The van der Waals surface area contributed by atoms with Crippen LogP contribution in [-0.4, -0.2) is 28.8 Å². The molecule has 0 aliphatic carbocycles. The van der Waals surface area contributed by atoms with Gasteiger partial charge in [-0.05, 0) is 26.7 Å². The zero-order valence-electron chi connectivity index (χ0n) is 7.92. The summed E-state index contributed by atoms with van der Waals surface area (Å²) in [5.41, 5.74) is 0. The van der Waals surface area contributed by atoms with Crippen molar-refractivity contribution in [2.24, 2.45) is 0 Å². The summed E-state index contributed by atoms with van der Waals surface area (Å²) < 4.78 is 0. The van der Waals surface area contributed by atoms with E-state index in [1.165, 1.54) is 12.8 Å². The third-order valence-corrected chi connectivity index (χ3v) is 3.20. The Morgan fingerprint density at radius 1 is 1.25 bits per heavy atom. The lowest BCUT2D eigenvalue weighted by molar-refractivity contribution is -0.124. The van der Waals surface area contributed by atoms with E-state index in [0.717, 1.165) is 12.8 Å². The first-order chi connectivity index (χ1) is 5.68. The highest BCUT2D eigenvalue weighted by Crippen LogP contribution is 2.35. The molecule has 68 valence electrons. The summed E-state index contributed by atoms with van der Waals surface area (Å²) in [5, 5.41) is 0. The van der Waals surface area contributed by atoms with Crippen molar-refractivity contribution in [1.29, 1.82) is 0 Å². The summed E-state index contributed by atoms with van der Waals surface area (Å²) in [4.78, 5) is 13.8. The molecule has 2 heterocycles. The number of nitrogens with zero attached hydrogens (tertiary/aromatic N) is 1. The lowest BCUT2D eigenvalue weighted by atomic mass is 10.00. The van der Waals surface area contributed by atoms with Crippen molar-refractivity contribution < 1.29 is 4.79 Å². The minimum atomic E-state index is 0.486. The minimum absolute atomic E-state index is 0.486. The lowest BCUT2D eigenvalue weighted by Gasteiger charge is -2.37. The molecule has 2 rings (SSSR count). The summed E-state index contributed by atoms with van der Waals surface area (Å²) in [6.07, 6.45) is 4.12. The van der Waals surface area contributed by atoms with Gasteiger partial charge >= 0.3 is 0 Å². The van der Waals surface area contributed by atoms with Crippen molar-refractivity contribution in [3.63, 3.8) is 0 Å². The summed E-state index contributed by atoms with van der Waals surface area (Å²) in [6, 6.07) is 1.78. The van der Waals surface area contributed by atoms with Crippen molar-refractivity contribution in [1.82, 2.24) is 4.90 Å². The molecule has 0 amide bonds. The third-order valence-electron chi connectivity index (χ3n) is 3.20. The van der Waals surface area contributed by atoms with Crippen LogP contribution in [-0.2, 0) is 4.79 Å². The van der Waals surface area contributed by atoms with Crippen LogP contribution in [0.15, 0.2) is 0 Å². The Bertz CT molecular complexity index is 184. The Morgan fingerprint density at radius 3 is 2.17 bits per heavy atom. The highest BCUT2D eigenvalue weighted by Gasteiger charge is 2.40. The van der Waals surface area contributed by atoms with Gasteiger partial charge in [0.25, 0.3) is 0 Å². The minimum Gasteiger partial charge on any atom is -0.300 e. The van der Waals surface area contributed by atoms with E-state index in [2.05, 4.69) is 18.7 Å². The molecule has 2 aliphatic heterocycles. The maximum Gasteiger partial charge on any atom is 0.136 e. The van der Waals surface area contributed by atoms with Gasteiger partial charge < -0.3 is 0 Å². The number of carbonyl (C=O) groups excluding carboxylic acids is 1. The highest BCUT2D eigenvalue weighted by molar-refractivity contribution is 5.80. The van der Waals surface area contributed by atoms with Gasteiger partial charge in [0.15, 0.2) is 0 Å². The zero-order valence-corrected chi connectivity index (χ0v) is 7.92. The van der Waals surface area contributed by atoms with Gasteiger partial charge in [0.1, 0.15) is 5.78 Å². The van der Waals surface area contributed by atoms with Gasteiger partial charge in [-0.2, -0.15) is 0 Å². The van der Waals surface area contributed by atoms with Crippen LogP contribution < -0.4 is 0 Å². The second kappa shape index (κ2) is 2.84. The normalized spacial score (nSPS) is 36.4.